The molecule has 0 saturated carbocycles. The van der Waals surface area contributed by atoms with Gasteiger partial charge in [0.05, 0.1) is 12.5 Å². The number of nitrogens with zero attached hydrogens (tertiary/aromatic N) is 3. The third-order valence-electron chi connectivity index (χ3n) is 6.17. The molecule has 2 amide bonds. The van der Waals surface area contributed by atoms with Crippen LogP contribution in [-0.4, -0.2) is 84.4 Å². The molecule has 3 rings (SSSR count). The highest BCUT2D eigenvalue weighted by molar-refractivity contribution is 5.85. The molecule has 2 aliphatic heterocycles. The van der Waals surface area contributed by atoms with Crippen LogP contribution < -0.4 is 9.64 Å². The molecular weight excluding hydrogens is 426 g/mol. The Labute approximate surface area is 195 Å². The number of rotatable bonds is 6. The fourth-order valence-electron chi connectivity index (χ4n) is 4.44. The van der Waals surface area contributed by atoms with Crippen LogP contribution in [0.1, 0.15) is 40.0 Å². The third-order valence-corrected chi connectivity index (χ3v) is 6.17. The molecule has 2 heterocycles. The first kappa shape index (κ1) is 24.7. The summed E-state index contributed by atoms with van der Waals surface area (Å²) in [7, 11) is 0. The molecule has 9 nitrogen and oxygen atoms in total. The molecule has 1 aromatic carbocycles. The van der Waals surface area contributed by atoms with Gasteiger partial charge in [0.25, 0.3) is 5.91 Å². The monoisotopic (exact) mass is 461 g/mol. The molecule has 2 fully saturated rings. The van der Waals surface area contributed by atoms with E-state index in [1.54, 1.807) is 18.7 Å². The third kappa shape index (κ3) is 6.30. The van der Waals surface area contributed by atoms with Gasteiger partial charge in [0.2, 0.25) is 0 Å². The molecule has 0 aromatic heterocycles. The second-order valence-corrected chi connectivity index (χ2v) is 9.06. The maximum absolute atomic E-state index is 13.2. The van der Waals surface area contributed by atoms with Crippen LogP contribution in [0.4, 0.5) is 10.5 Å². The average molecular weight is 462 g/mol. The van der Waals surface area contributed by atoms with E-state index in [2.05, 4.69) is 4.90 Å². The molecule has 9 heteroatoms. The van der Waals surface area contributed by atoms with E-state index in [1.165, 1.54) is 4.90 Å². The van der Waals surface area contributed by atoms with Gasteiger partial charge < -0.3 is 29.3 Å². The minimum Gasteiger partial charge on any atom is -0.478 e. The van der Waals surface area contributed by atoms with E-state index in [0.29, 0.717) is 51.5 Å². The van der Waals surface area contributed by atoms with Crippen molar-refractivity contribution in [1.82, 2.24) is 9.80 Å². The van der Waals surface area contributed by atoms with E-state index in [1.807, 2.05) is 31.2 Å². The van der Waals surface area contributed by atoms with Crippen molar-refractivity contribution in [2.45, 2.75) is 45.6 Å². The van der Waals surface area contributed by atoms with Gasteiger partial charge in [-0.3, -0.25) is 9.59 Å². The van der Waals surface area contributed by atoms with Crippen molar-refractivity contribution in [1.29, 1.82) is 0 Å². The van der Waals surface area contributed by atoms with Crippen LogP contribution in [-0.2, 0) is 14.3 Å². The van der Waals surface area contributed by atoms with Gasteiger partial charge in [-0.2, -0.15) is 0 Å². The SMILES string of the molecule is CCOC(=O)[C@@H]1CCCN(c2cccc(OC(C)(C)C(=O)N3CCCN(C(=O)O)CC3)c2)C1. The molecular formula is C24H35N3O6. The van der Waals surface area contributed by atoms with E-state index in [4.69, 9.17) is 9.47 Å². The highest BCUT2D eigenvalue weighted by Gasteiger charge is 2.35. The van der Waals surface area contributed by atoms with Crippen molar-refractivity contribution in [3.63, 3.8) is 0 Å². The van der Waals surface area contributed by atoms with Gasteiger partial charge in [0, 0.05) is 51.0 Å². The lowest BCUT2D eigenvalue weighted by Crippen LogP contribution is -2.50. The maximum Gasteiger partial charge on any atom is 0.407 e. The molecule has 2 saturated heterocycles. The summed E-state index contributed by atoms with van der Waals surface area (Å²) in [6.07, 6.45) is 1.36. The Morgan fingerprint density at radius 2 is 1.79 bits per heavy atom. The highest BCUT2D eigenvalue weighted by Crippen LogP contribution is 2.29. The van der Waals surface area contributed by atoms with E-state index in [-0.39, 0.29) is 17.8 Å². The van der Waals surface area contributed by atoms with Gasteiger partial charge >= 0.3 is 12.1 Å². The summed E-state index contributed by atoms with van der Waals surface area (Å²) in [5.74, 6) is 0.113. The molecule has 1 atom stereocenters. The minimum absolute atomic E-state index is 0.144. The highest BCUT2D eigenvalue weighted by atomic mass is 16.5. The average Bonchev–Trinajstić information content (AvgIpc) is 3.05. The van der Waals surface area contributed by atoms with Crippen LogP contribution in [0.15, 0.2) is 24.3 Å². The number of carboxylic acid groups (broad SMARTS) is 1. The summed E-state index contributed by atoms with van der Waals surface area (Å²) in [5.41, 5.74) is -0.163. The maximum atomic E-state index is 13.2. The van der Waals surface area contributed by atoms with E-state index in [0.717, 1.165) is 25.1 Å². The van der Waals surface area contributed by atoms with Gasteiger partial charge in [0.1, 0.15) is 5.75 Å². The van der Waals surface area contributed by atoms with Crippen molar-refractivity contribution >= 4 is 23.7 Å². The molecule has 0 radical (unpaired) electrons. The molecule has 0 bridgehead atoms. The molecule has 33 heavy (non-hydrogen) atoms. The van der Waals surface area contributed by atoms with Gasteiger partial charge in [-0.15, -0.1) is 0 Å². The first-order valence-corrected chi connectivity index (χ1v) is 11.7. The number of carbonyl (C=O) groups is 3. The Hall–Kier alpha value is -2.97. The second kappa shape index (κ2) is 10.8. The Morgan fingerprint density at radius 1 is 1.06 bits per heavy atom. The largest absolute Gasteiger partial charge is 0.478 e. The minimum atomic E-state index is -1.10. The van der Waals surface area contributed by atoms with Crippen LogP contribution in [0.2, 0.25) is 0 Å². The van der Waals surface area contributed by atoms with Gasteiger partial charge in [-0.05, 0) is 52.2 Å². The molecule has 1 N–H and O–H groups in total. The first-order chi connectivity index (χ1) is 15.7. The summed E-state index contributed by atoms with van der Waals surface area (Å²) in [5, 5.41) is 9.22. The summed E-state index contributed by atoms with van der Waals surface area (Å²) in [6, 6.07) is 7.58. The van der Waals surface area contributed by atoms with Crippen LogP contribution in [0, 0.1) is 5.92 Å². The number of anilines is 1. The van der Waals surface area contributed by atoms with Crippen LogP contribution in [0.25, 0.3) is 0 Å². The second-order valence-electron chi connectivity index (χ2n) is 9.06. The number of hydrogen-bond donors (Lipinski definition) is 1. The predicted octanol–water partition coefficient (Wildman–Crippen LogP) is 2.84. The topological polar surface area (TPSA) is 99.6 Å². The lowest BCUT2D eigenvalue weighted by Gasteiger charge is -2.34. The standard InChI is InChI=1S/C24H35N3O6/c1-4-32-21(28)18-8-6-11-27(17-18)19-9-5-10-20(16-19)33-24(2,3)22(29)25-12-7-13-26(15-14-25)23(30)31/h5,9-10,16,18H,4,6-8,11-15,17H2,1-3H3,(H,30,31)/t18-/m1/s1. The van der Waals surface area contributed by atoms with Gasteiger partial charge in [-0.25, -0.2) is 4.79 Å². The Morgan fingerprint density at radius 3 is 2.52 bits per heavy atom. The Bertz CT molecular complexity index is 858. The fourth-order valence-corrected chi connectivity index (χ4v) is 4.44. The zero-order valence-corrected chi connectivity index (χ0v) is 19.8. The number of ether oxygens (including phenoxy) is 2. The van der Waals surface area contributed by atoms with Gasteiger partial charge in [-0.1, -0.05) is 6.07 Å². The lowest BCUT2D eigenvalue weighted by molar-refractivity contribution is -0.148. The number of esters is 1. The number of amides is 2. The van der Waals surface area contributed by atoms with Crippen molar-refractivity contribution in [3.05, 3.63) is 24.3 Å². The number of benzene rings is 1. The van der Waals surface area contributed by atoms with Crippen molar-refractivity contribution in [2.24, 2.45) is 5.92 Å². The number of hydrogen-bond acceptors (Lipinski definition) is 6. The summed E-state index contributed by atoms with van der Waals surface area (Å²) in [4.78, 5) is 41.8. The van der Waals surface area contributed by atoms with Crippen molar-refractivity contribution in [3.8, 4) is 5.75 Å². The first-order valence-electron chi connectivity index (χ1n) is 11.7. The van der Waals surface area contributed by atoms with Crippen molar-refractivity contribution in [2.75, 3.05) is 50.8 Å². The molecule has 0 unspecified atom stereocenters. The summed E-state index contributed by atoms with van der Waals surface area (Å²) >= 11 is 0. The van der Waals surface area contributed by atoms with Crippen LogP contribution >= 0.6 is 0 Å². The molecule has 0 aliphatic carbocycles. The van der Waals surface area contributed by atoms with E-state index < -0.39 is 11.7 Å². The number of piperidine rings is 1. The predicted molar refractivity (Wildman–Crippen MR) is 124 cm³/mol. The molecule has 2 aliphatic rings. The summed E-state index contributed by atoms with van der Waals surface area (Å²) in [6.45, 7) is 8.67. The lowest BCUT2D eigenvalue weighted by atomic mass is 9.97. The zero-order valence-electron chi connectivity index (χ0n) is 19.8. The normalized spacial score (nSPS) is 19.6. The molecule has 182 valence electrons. The Kier molecular flexibility index (Phi) is 8.05. The van der Waals surface area contributed by atoms with Crippen LogP contribution in [0.5, 0.6) is 5.75 Å². The van der Waals surface area contributed by atoms with E-state index >= 15 is 0 Å². The smallest absolute Gasteiger partial charge is 0.407 e. The molecule has 0 spiro atoms. The fraction of sp³-hybridized carbons (Fsp3) is 0.625. The molecule has 1 aromatic rings. The Balaban J connectivity index is 1.65. The zero-order chi connectivity index (χ0) is 24.0. The van der Waals surface area contributed by atoms with Gasteiger partial charge in [0.15, 0.2) is 5.60 Å². The van der Waals surface area contributed by atoms with E-state index in [9.17, 15) is 19.5 Å². The summed E-state index contributed by atoms with van der Waals surface area (Å²) < 4.78 is 11.3. The number of carbonyl (C=O) groups excluding carboxylic acids is 2. The quantitative estimate of drug-likeness (QED) is 0.650. The van der Waals surface area contributed by atoms with Crippen LogP contribution in [0.3, 0.4) is 0 Å². The van der Waals surface area contributed by atoms with Crippen molar-refractivity contribution < 1.29 is 29.0 Å².